The maximum Gasteiger partial charge on any atom is 0.223 e. The number of rotatable bonds is 6. The highest BCUT2D eigenvalue weighted by Gasteiger charge is 2.42. The Morgan fingerprint density at radius 2 is 1.86 bits per heavy atom. The molecule has 22 heavy (non-hydrogen) atoms. The molecule has 2 aliphatic carbocycles. The SMILES string of the molecule is NC1CCC(NC(=O)C2CC2CCCc2ccccc2)CC1. The molecule has 0 aromatic heterocycles. The van der Waals surface area contributed by atoms with Gasteiger partial charge in [0.05, 0.1) is 0 Å². The highest BCUT2D eigenvalue weighted by molar-refractivity contribution is 5.81. The van der Waals surface area contributed by atoms with Crippen LogP contribution in [0.4, 0.5) is 0 Å². The van der Waals surface area contributed by atoms with Gasteiger partial charge in [-0.1, -0.05) is 30.3 Å². The van der Waals surface area contributed by atoms with E-state index in [4.69, 9.17) is 5.73 Å². The third-order valence-corrected chi connectivity index (χ3v) is 5.26. The van der Waals surface area contributed by atoms with Crippen molar-refractivity contribution in [3.8, 4) is 0 Å². The minimum absolute atomic E-state index is 0.284. The largest absolute Gasteiger partial charge is 0.353 e. The summed E-state index contributed by atoms with van der Waals surface area (Å²) >= 11 is 0. The van der Waals surface area contributed by atoms with Crippen LogP contribution in [-0.4, -0.2) is 18.0 Å². The van der Waals surface area contributed by atoms with Crippen LogP contribution in [0.15, 0.2) is 30.3 Å². The van der Waals surface area contributed by atoms with Crippen molar-refractivity contribution in [2.75, 3.05) is 0 Å². The van der Waals surface area contributed by atoms with Crippen LogP contribution in [0.3, 0.4) is 0 Å². The van der Waals surface area contributed by atoms with Gasteiger partial charge in [-0.25, -0.2) is 0 Å². The fourth-order valence-corrected chi connectivity index (χ4v) is 3.67. The van der Waals surface area contributed by atoms with Crippen LogP contribution in [0.25, 0.3) is 0 Å². The van der Waals surface area contributed by atoms with Crippen LogP contribution in [0, 0.1) is 11.8 Å². The number of amides is 1. The average Bonchev–Trinajstić information content (AvgIpc) is 3.30. The molecule has 0 heterocycles. The van der Waals surface area contributed by atoms with E-state index in [-0.39, 0.29) is 5.92 Å². The highest BCUT2D eigenvalue weighted by Crippen LogP contribution is 2.42. The summed E-state index contributed by atoms with van der Waals surface area (Å²) in [5.41, 5.74) is 7.32. The summed E-state index contributed by atoms with van der Waals surface area (Å²) in [5.74, 6) is 1.20. The first-order valence-corrected chi connectivity index (χ1v) is 8.82. The predicted octanol–water partition coefficient (Wildman–Crippen LogP) is 3.03. The predicted molar refractivity (Wildman–Crippen MR) is 89.4 cm³/mol. The highest BCUT2D eigenvalue weighted by atomic mass is 16.2. The first-order chi connectivity index (χ1) is 10.7. The normalized spacial score (nSPS) is 30.8. The summed E-state index contributed by atoms with van der Waals surface area (Å²) in [7, 11) is 0. The molecule has 2 aliphatic rings. The van der Waals surface area contributed by atoms with Crippen LogP contribution in [0.1, 0.15) is 50.5 Å². The van der Waals surface area contributed by atoms with Crippen LogP contribution < -0.4 is 11.1 Å². The van der Waals surface area contributed by atoms with E-state index in [1.807, 2.05) is 0 Å². The number of hydrogen-bond donors (Lipinski definition) is 2. The number of nitrogens with two attached hydrogens (primary N) is 1. The molecule has 3 heteroatoms. The molecule has 3 nitrogen and oxygen atoms in total. The number of carbonyl (C=O) groups excluding carboxylic acids is 1. The molecule has 2 fully saturated rings. The second kappa shape index (κ2) is 7.28. The van der Waals surface area contributed by atoms with Gasteiger partial charge in [0, 0.05) is 18.0 Å². The quantitative estimate of drug-likeness (QED) is 0.848. The van der Waals surface area contributed by atoms with Gasteiger partial charge in [-0.05, 0) is 62.8 Å². The molecule has 0 radical (unpaired) electrons. The van der Waals surface area contributed by atoms with Crippen molar-refractivity contribution in [3.05, 3.63) is 35.9 Å². The summed E-state index contributed by atoms with van der Waals surface area (Å²) in [4.78, 5) is 12.3. The van der Waals surface area contributed by atoms with Crippen molar-refractivity contribution >= 4 is 5.91 Å². The summed E-state index contributed by atoms with van der Waals surface area (Å²) in [6, 6.07) is 11.3. The van der Waals surface area contributed by atoms with Crippen molar-refractivity contribution in [2.24, 2.45) is 17.6 Å². The molecule has 0 bridgehead atoms. The van der Waals surface area contributed by atoms with Gasteiger partial charge in [-0.15, -0.1) is 0 Å². The van der Waals surface area contributed by atoms with Gasteiger partial charge in [0.1, 0.15) is 0 Å². The Bertz CT molecular complexity index is 479. The monoisotopic (exact) mass is 300 g/mol. The molecule has 1 aromatic rings. The number of benzene rings is 1. The van der Waals surface area contributed by atoms with Gasteiger partial charge in [0.2, 0.25) is 5.91 Å². The van der Waals surface area contributed by atoms with Crippen molar-refractivity contribution in [1.29, 1.82) is 0 Å². The molecule has 1 amide bonds. The fraction of sp³-hybridized carbons (Fsp3) is 0.632. The molecule has 2 atom stereocenters. The zero-order valence-corrected chi connectivity index (χ0v) is 13.3. The van der Waals surface area contributed by atoms with E-state index in [9.17, 15) is 4.79 Å². The molecule has 0 saturated heterocycles. The minimum atomic E-state index is 0.284. The van der Waals surface area contributed by atoms with Crippen LogP contribution in [0.2, 0.25) is 0 Å². The lowest BCUT2D eigenvalue weighted by molar-refractivity contribution is -0.123. The van der Waals surface area contributed by atoms with Crippen molar-refractivity contribution < 1.29 is 4.79 Å². The van der Waals surface area contributed by atoms with Crippen LogP contribution in [-0.2, 0) is 11.2 Å². The van der Waals surface area contributed by atoms with E-state index in [1.54, 1.807) is 0 Å². The van der Waals surface area contributed by atoms with E-state index in [2.05, 4.69) is 35.6 Å². The molecule has 2 unspecified atom stereocenters. The smallest absolute Gasteiger partial charge is 0.223 e. The first kappa shape index (κ1) is 15.5. The third kappa shape index (κ3) is 4.33. The first-order valence-electron chi connectivity index (χ1n) is 8.82. The maximum atomic E-state index is 12.3. The summed E-state index contributed by atoms with van der Waals surface area (Å²) in [5, 5.41) is 3.24. The third-order valence-electron chi connectivity index (χ3n) is 5.26. The van der Waals surface area contributed by atoms with Gasteiger partial charge in [0.15, 0.2) is 0 Å². The van der Waals surface area contributed by atoms with Gasteiger partial charge < -0.3 is 11.1 Å². The molecular formula is C19H28N2O. The second-order valence-corrected chi connectivity index (χ2v) is 7.10. The van der Waals surface area contributed by atoms with Crippen LogP contribution >= 0.6 is 0 Å². The number of nitrogens with one attached hydrogen (secondary N) is 1. The van der Waals surface area contributed by atoms with Gasteiger partial charge >= 0.3 is 0 Å². The van der Waals surface area contributed by atoms with E-state index >= 15 is 0 Å². The molecule has 2 saturated carbocycles. The summed E-state index contributed by atoms with van der Waals surface area (Å²) in [6.45, 7) is 0. The molecule has 0 aliphatic heterocycles. The Labute approximate surface area is 133 Å². The Kier molecular flexibility index (Phi) is 5.14. The second-order valence-electron chi connectivity index (χ2n) is 7.10. The molecule has 0 spiro atoms. The van der Waals surface area contributed by atoms with Gasteiger partial charge in [0.25, 0.3) is 0 Å². The Hall–Kier alpha value is -1.35. The Morgan fingerprint density at radius 1 is 1.14 bits per heavy atom. The minimum Gasteiger partial charge on any atom is -0.353 e. The summed E-state index contributed by atoms with van der Waals surface area (Å²) in [6.07, 6.45) is 8.81. The Morgan fingerprint density at radius 3 is 2.59 bits per heavy atom. The lowest BCUT2D eigenvalue weighted by Gasteiger charge is -2.26. The van der Waals surface area contributed by atoms with Gasteiger partial charge in [-0.3, -0.25) is 4.79 Å². The van der Waals surface area contributed by atoms with E-state index in [1.165, 1.54) is 18.4 Å². The zero-order chi connectivity index (χ0) is 15.4. The van der Waals surface area contributed by atoms with Crippen molar-refractivity contribution in [3.63, 3.8) is 0 Å². The lowest BCUT2D eigenvalue weighted by atomic mass is 9.91. The number of carbonyl (C=O) groups is 1. The lowest BCUT2D eigenvalue weighted by Crippen LogP contribution is -2.41. The number of aryl methyl sites for hydroxylation is 1. The molecule has 1 aromatic carbocycles. The zero-order valence-electron chi connectivity index (χ0n) is 13.3. The number of hydrogen-bond acceptors (Lipinski definition) is 2. The molecule has 120 valence electrons. The van der Waals surface area contributed by atoms with E-state index in [0.29, 0.717) is 23.9 Å². The van der Waals surface area contributed by atoms with E-state index < -0.39 is 0 Å². The molecule has 3 N–H and O–H groups in total. The average molecular weight is 300 g/mol. The topological polar surface area (TPSA) is 55.1 Å². The molecule has 3 rings (SSSR count). The van der Waals surface area contributed by atoms with E-state index in [0.717, 1.165) is 38.5 Å². The summed E-state index contributed by atoms with van der Waals surface area (Å²) < 4.78 is 0. The molecular weight excluding hydrogens is 272 g/mol. The maximum absolute atomic E-state index is 12.3. The van der Waals surface area contributed by atoms with Crippen molar-refractivity contribution in [1.82, 2.24) is 5.32 Å². The van der Waals surface area contributed by atoms with Gasteiger partial charge in [-0.2, -0.15) is 0 Å². The standard InChI is InChI=1S/C19H28N2O/c20-16-9-11-17(12-10-16)21-19(22)18-13-15(18)8-4-7-14-5-2-1-3-6-14/h1-3,5-6,15-18H,4,7-13,20H2,(H,21,22). The van der Waals surface area contributed by atoms with Crippen LogP contribution in [0.5, 0.6) is 0 Å². The van der Waals surface area contributed by atoms with Crippen molar-refractivity contribution in [2.45, 2.75) is 63.5 Å². The Balaban J connectivity index is 1.32. The fourth-order valence-electron chi connectivity index (χ4n) is 3.67.